The zero-order chi connectivity index (χ0) is 24.0. The smallest absolute Gasteiger partial charge is 0.272 e. The van der Waals surface area contributed by atoms with Crippen LogP contribution in [0.25, 0.3) is 16.9 Å². The van der Waals surface area contributed by atoms with Gasteiger partial charge in [0.15, 0.2) is 0 Å². The van der Waals surface area contributed by atoms with Crippen molar-refractivity contribution in [1.82, 2.24) is 24.9 Å². The molecule has 0 saturated heterocycles. The molecule has 0 radical (unpaired) electrons. The van der Waals surface area contributed by atoms with Gasteiger partial charge in [0.05, 0.1) is 17.9 Å². The molecule has 7 nitrogen and oxygen atoms in total. The number of hydrogen-bond acceptors (Lipinski definition) is 4. The van der Waals surface area contributed by atoms with Crippen LogP contribution >= 0.6 is 0 Å². The molecule has 0 aliphatic heterocycles. The second-order valence-corrected chi connectivity index (χ2v) is 8.04. The molecule has 2 aromatic heterocycles. The van der Waals surface area contributed by atoms with Gasteiger partial charge in [-0.05, 0) is 23.8 Å². The lowest BCUT2D eigenvalue weighted by atomic mass is 10.1. The summed E-state index contributed by atoms with van der Waals surface area (Å²) in [6.07, 6.45) is 1.95. The molecule has 7 heteroatoms. The van der Waals surface area contributed by atoms with Crippen LogP contribution in [0, 0.1) is 0 Å². The number of carbonyl (C=O) groups excluding carboxylic acids is 1. The van der Waals surface area contributed by atoms with Gasteiger partial charge >= 0.3 is 0 Å². The van der Waals surface area contributed by atoms with Crippen molar-refractivity contribution >= 4 is 5.91 Å². The standard InChI is InChI=1S/C28H23N5O2/c34-26-17-16-25(30-33(26)24-14-8-3-9-15-24)28(35)29-18-23-20-32(19-21-10-4-1-5-11-21)31-27(23)22-12-6-2-7-13-22/h1-17,20H,18-19H2,(H,29,35). The molecule has 0 saturated carbocycles. The van der Waals surface area contributed by atoms with E-state index in [1.54, 1.807) is 12.1 Å². The van der Waals surface area contributed by atoms with Crippen molar-refractivity contribution < 1.29 is 4.79 Å². The van der Waals surface area contributed by atoms with Crippen LogP contribution in [-0.2, 0) is 13.1 Å². The van der Waals surface area contributed by atoms with Gasteiger partial charge in [-0.3, -0.25) is 14.3 Å². The minimum absolute atomic E-state index is 0.159. The number of carbonyl (C=O) groups is 1. The van der Waals surface area contributed by atoms with Crippen LogP contribution in [0.3, 0.4) is 0 Å². The summed E-state index contributed by atoms with van der Waals surface area (Å²) in [4.78, 5) is 25.2. The summed E-state index contributed by atoms with van der Waals surface area (Å²) in [7, 11) is 0. The van der Waals surface area contributed by atoms with E-state index in [4.69, 9.17) is 5.10 Å². The van der Waals surface area contributed by atoms with E-state index in [0.29, 0.717) is 12.2 Å². The Bertz CT molecular complexity index is 1490. The number of rotatable bonds is 7. The molecule has 1 amide bonds. The summed E-state index contributed by atoms with van der Waals surface area (Å²) in [5, 5.41) is 12.0. The number of aromatic nitrogens is 4. The minimum atomic E-state index is -0.371. The Labute approximate surface area is 202 Å². The van der Waals surface area contributed by atoms with Crippen molar-refractivity contribution in [1.29, 1.82) is 0 Å². The highest BCUT2D eigenvalue weighted by Gasteiger charge is 2.15. The molecule has 0 spiro atoms. The molecule has 172 valence electrons. The molecule has 0 unspecified atom stereocenters. The second kappa shape index (κ2) is 10.0. The van der Waals surface area contributed by atoms with Crippen LogP contribution in [0.15, 0.2) is 114 Å². The molecular formula is C28H23N5O2. The lowest BCUT2D eigenvalue weighted by Crippen LogP contribution is -2.28. The predicted octanol–water partition coefficient (Wildman–Crippen LogP) is 4.07. The Hall–Kier alpha value is -4.78. The maximum atomic E-state index is 12.9. The molecule has 0 atom stereocenters. The SMILES string of the molecule is O=C(NCc1cn(Cc2ccccc2)nc1-c1ccccc1)c1ccc(=O)n(-c2ccccc2)n1. The van der Waals surface area contributed by atoms with E-state index in [2.05, 4.69) is 22.5 Å². The topological polar surface area (TPSA) is 81.8 Å². The summed E-state index contributed by atoms with van der Waals surface area (Å²) < 4.78 is 3.11. The van der Waals surface area contributed by atoms with Gasteiger partial charge in [-0.15, -0.1) is 0 Å². The summed E-state index contributed by atoms with van der Waals surface area (Å²) >= 11 is 0. The fraction of sp³-hybridized carbons (Fsp3) is 0.0714. The van der Waals surface area contributed by atoms with Crippen LogP contribution in [0.5, 0.6) is 0 Å². The highest BCUT2D eigenvalue weighted by Crippen LogP contribution is 2.22. The van der Waals surface area contributed by atoms with Crippen molar-refractivity contribution in [3.05, 3.63) is 136 Å². The maximum Gasteiger partial charge on any atom is 0.272 e. The predicted molar refractivity (Wildman–Crippen MR) is 134 cm³/mol. The van der Waals surface area contributed by atoms with Gasteiger partial charge in [0.2, 0.25) is 0 Å². The van der Waals surface area contributed by atoms with E-state index in [0.717, 1.165) is 22.4 Å². The van der Waals surface area contributed by atoms with Gasteiger partial charge in [-0.2, -0.15) is 14.9 Å². The third kappa shape index (κ3) is 5.09. The number of benzene rings is 3. The quantitative estimate of drug-likeness (QED) is 0.396. The summed E-state index contributed by atoms with van der Waals surface area (Å²) in [6, 6.07) is 31.8. The molecule has 0 bridgehead atoms. The molecule has 0 aliphatic carbocycles. The maximum absolute atomic E-state index is 12.9. The van der Waals surface area contributed by atoms with E-state index in [1.165, 1.54) is 16.8 Å². The lowest BCUT2D eigenvalue weighted by Gasteiger charge is -2.08. The summed E-state index contributed by atoms with van der Waals surface area (Å²) in [5.41, 5.74) is 4.26. The number of nitrogens with one attached hydrogen (secondary N) is 1. The fourth-order valence-corrected chi connectivity index (χ4v) is 3.84. The fourth-order valence-electron chi connectivity index (χ4n) is 3.84. The number of nitrogens with zero attached hydrogens (tertiary/aromatic N) is 4. The van der Waals surface area contributed by atoms with Crippen LogP contribution < -0.4 is 10.9 Å². The van der Waals surface area contributed by atoms with Gasteiger partial charge in [0, 0.05) is 29.9 Å². The largest absolute Gasteiger partial charge is 0.346 e. The Morgan fingerprint density at radius 1 is 0.771 bits per heavy atom. The lowest BCUT2D eigenvalue weighted by molar-refractivity contribution is 0.0944. The Morgan fingerprint density at radius 3 is 2.14 bits per heavy atom. The first-order valence-corrected chi connectivity index (χ1v) is 11.3. The average Bonchev–Trinajstić information content (AvgIpc) is 3.31. The first-order valence-electron chi connectivity index (χ1n) is 11.3. The van der Waals surface area contributed by atoms with Crippen LogP contribution in [0.1, 0.15) is 21.6 Å². The third-order valence-corrected chi connectivity index (χ3v) is 5.55. The second-order valence-electron chi connectivity index (χ2n) is 8.04. The molecule has 5 rings (SSSR count). The van der Waals surface area contributed by atoms with Crippen molar-refractivity contribution in [2.24, 2.45) is 0 Å². The molecule has 0 fully saturated rings. The molecule has 5 aromatic rings. The van der Waals surface area contributed by atoms with Gasteiger partial charge in [0.1, 0.15) is 5.69 Å². The van der Waals surface area contributed by atoms with Crippen molar-refractivity contribution in [2.45, 2.75) is 13.1 Å². The van der Waals surface area contributed by atoms with Crippen molar-refractivity contribution in [3.63, 3.8) is 0 Å². The molecule has 35 heavy (non-hydrogen) atoms. The van der Waals surface area contributed by atoms with Gasteiger partial charge in [0.25, 0.3) is 11.5 Å². The van der Waals surface area contributed by atoms with Crippen LogP contribution in [-0.4, -0.2) is 25.5 Å². The molecule has 3 aromatic carbocycles. The zero-order valence-corrected chi connectivity index (χ0v) is 18.9. The Morgan fingerprint density at radius 2 is 1.43 bits per heavy atom. The molecule has 2 heterocycles. The van der Waals surface area contributed by atoms with E-state index >= 15 is 0 Å². The van der Waals surface area contributed by atoms with E-state index < -0.39 is 0 Å². The molecule has 0 aliphatic rings. The van der Waals surface area contributed by atoms with E-state index in [9.17, 15) is 9.59 Å². The number of para-hydroxylation sites is 1. The van der Waals surface area contributed by atoms with Crippen LogP contribution in [0.4, 0.5) is 0 Å². The zero-order valence-electron chi connectivity index (χ0n) is 18.9. The summed E-state index contributed by atoms with van der Waals surface area (Å²) in [6.45, 7) is 0.891. The minimum Gasteiger partial charge on any atom is -0.346 e. The monoisotopic (exact) mass is 461 g/mol. The average molecular weight is 462 g/mol. The van der Waals surface area contributed by atoms with Gasteiger partial charge in [-0.1, -0.05) is 78.9 Å². The Kier molecular flexibility index (Phi) is 6.30. The van der Waals surface area contributed by atoms with E-state index in [-0.39, 0.29) is 23.7 Å². The molecular weight excluding hydrogens is 438 g/mol. The number of amides is 1. The normalized spacial score (nSPS) is 10.7. The van der Waals surface area contributed by atoms with E-state index in [1.807, 2.05) is 77.6 Å². The van der Waals surface area contributed by atoms with Crippen molar-refractivity contribution in [2.75, 3.05) is 0 Å². The van der Waals surface area contributed by atoms with Crippen molar-refractivity contribution in [3.8, 4) is 16.9 Å². The molecule has 1 N–H and O–H groups in total. The first kappa shape index (κ1) is 22.0. The van der Waals surface area contributed by atoms with Gasteiger partial charge in [-0.25, -0.2) is 0 Å². The highest BCUT2D eigenvalue weighted by atomic mass is 16.2. The Balaban J connectivity index is 1.39. The number of hydrogen-bond donors (Lipinski definition) is 1. The highest BCUT2D eigenvalue weighted by molar-refractivity contribution is 5.92. The third-order valence-electron chi connectivity index (χ3n) is 5.55. The van der Waals surface area contributed by atoms with Crippen LogP contribution in [0.2, 0.25) is 0 Å². The summed E-state index contributed by atoms with van der Waals surface area (Å²) in [5.74, 6) is -0.371. The first-order chi connectivity index (χ1) is 17.2. The van der Waals surface area contributed by atoms with Gasteiger partial charge < -0.3 is 5.32 Å².